The molecule has 0 heterocycles. The molecular weight excluding hydrogens is 262 g/mol. The molecule has 0 bridgehead atoms. The van der Waals surface area contributed by atoms with Gasteiger partial charge in [0.25, 0.3) is 0 Å². The second-order valence-electron chi connectivity index (χ2n) is 3.75. The smallest absolute Gasteiger partial charge is 0.334 e. The molecule has 19 heavy (non-hydrogen) atoms. The van der Waals surface area contributed by atoms with Crippen LogP contribution in [0.4, 0.5) is 5.69 Å². The van der Waals surface area contributed by atoms with Gasteiger partial charge in [0, 0.05) is 21.9 Å². The lowest BCUT2D eigenvalue weighted by molar-refractivity contribution is -0.138. The van der Waals surface area contributed by atoms with Crippen molar-refractivity contribution in [1.82, 2.24) is 0 Å². The molecule has 104 valence electrons. The number of nitrogens with two attached hydrogens (primary N) is 1. The van der Waals surface area contributed by atoms with Crippen LogP contribution in [-0.2, 0) is 9.53 Å². The van der Waals surface area contributed by atoms with Gasteiger partial charge in [-0.3, -0.25) is 0 Å². The number of anilines is 1. The predicted molar refractivity (Wildman–Crippen MR) is 78.5 cm³/mol. The second-order valence-corrected chi connectivity index (χ2v) is 4.76. The summed E-state index contributed by atoms with van der Waals surface area (Å²) in [5.74, 6) is 0.842. The van der Waals surface area contributed by atoms with E-state index >= 15 is 0 Å². The van der Waals surface area contributed by atoms with Crippen LogP contribution in [0, 0.1) is 0 Å². The van der Waals surface area contributed by atoms with Crippen molar-refractivity contribution < 1.29 is 14.3 Å². The molecule has 0 aliphatic rings. The van der Waals surface area contributed by atoms with Crippen molar-refractivity contribution in [3.05, 3.63) is 30.4 Å². The van der Waals surface area contributed by atoms with Gasteiger partial charge in [0.05, 0.1) is 13.2 Å². The molecule has 5 heteroatoms. The third-order valence-electron chi connectivity index (χ3n) is 2.26. The lowest BCUT2D eigenvalue weighted by atomic mass is 10.3. The van der Waals surface area contributed by atoms with E-state index in [2.05, 4.69) is 6.58 Å². The predicted octanol–water partition coefficient (Wildman–Crippen LogP) is 2.88. The van der Waals surface area contributed by atoms with Gasteiger partial charge in [-0.25, -0.2) is 4.79 Å². The summed E-state index contributed by atoms with van der Waals surface area (Å²) in [7, 11) is 0. The first-order valence-corrected chi connectivity index (χ1v) is 7.07. The number of carbonyl (C=O) groups is 1. The third-order valence-corrected chi connectivity index (χ3v) is 3.42. The van der Waals surface area contributed by atoms with Gasteiger partial charge >= 0.3 is 5.97 Å². The van der Waals surface area contributed by atoms with Crippen molar-refractivity contribution in [2.75, 3.05) is 24.7 Å². The molecule has 4 nitrogen and oxygen atoms in total. The van der Waals surface area contributed by atoms with Crippen LogP contribution in [0.2, 0.25) is 0 Å². The average Bonchev–Trinajstić information content (AvgIpc) is 2.39. The Morgan fingerprint density at radius 1 is 1.37 bits per heavy atom. The van der Waals surface area contributed by atoms with Gasteiger partial charge in [-0.05, 0) is 32.0 Å². The summed E-state index contributed by atoms with van der Waals surface area (Å²) in [6.45, 7) is 8.35. The van der Waals surface area contributed by atoms with E-state index in [1.54, 1.807) is 13.0 Å². The monoisotopic (exact) mass is 281 g/mol. The molecule has 0 saturated carbocycles. The summed E-state index contributed by atoms with van der Waals surface area (Å²) in [6.07, 6.45) is 0. The van der Waals surface area contributed by atoms with Crippen LogP contribution in [-0.4, -0.2) is 24.9 Å². The fourth-order valence-electron chi connectivity index (χ4n) is 1.35. The summed E-state index contributed by atoms with van der Waals surface area (Å²) >= 11 is 1.44. The molecule has 0 amide bonds. The molecule has 0 spiro atoms. The highest BCUT2D eigenvalue weighted by atomic mass is 32.2. The zero-order valence-corrected chi connectivity index (χ0v) is 12.1. The SMILES string of the molecule is C=C(CSc1cc(OCC)ccc1N)C(=O)OCC. The first-order valence-electron chi connectivity index (χ1n) is 6.08. The topological polar surface area (TPSA) is 61.5 Å². The second kappa shape index (κ2) is 7.74. The highest BCUT2D eigenvalue weighted by Crippen LogP contribution is 2.30. The minimum Gasteiger partial charge on any atom is -0.494 e. The Balaban J connectivity index is 2.64. The zero-order chi connectivity index (χ0) is 14.3. The number of benzene rings is 1. The first kappa shape index (κ1) is 15.4. The van der Waals surface area contributed by atoms with Crippen LogP contribution in [0.3, 0.4) is 0 Å². The number of thioether (sulfide) groups is 1. The van der Waals surface area contributed by atoms with Gasteiger partial charge in [-0.1, -0.05) is 6.58 Å². The molecule has 0 atom stereocenters. The third kappa shape index (κ3) is 4.87. The van der Waals surface area contributed by atoms with Gasteiger partial charge in [-0.15, -0.1) is 11.8 Å². The number of rotatable bonds is 7. The maximum Gasteiger partial charge on any atom is 0.334 e. The lowest BCUT2D eigenvalue weighted by Crippen LogP contribution is -2.08. The van der Waals surface area contributed by atoms with E-state index in [1.807, 2.05) is 19.1 Å². The number of esters is 1. The van der Waals surface area contributed by atoms with Crippen molar-refractivity contribution in [3.63, 3.8) is 0 Å². The quantitative estimate of drug-likeness (QED) is 0.360. The van der Waals surface area contributed by atoms with E-state index in [-0.39, 0.29) is 5.97 Å². The zero-order valence-electron chi connectivity index (χ0n) is 11.3. The van der Waals surface area contributed by atoms with Gasteiger partial charge in [-0.2, -0.15) is 0 Å². The van der Waals surface area contributed by atoms with Gasteiger partial charge in [0.2, 0.25) is 0 Å². The molecule has 0 unspecified atom stereocenters. The van der Waals surface area contributed by atoms with Crippen LogP contribution in [0.15, 0.2) is 35.2 Å². The summed E-state index contributed by atoms with van der Waals surface area (Å²) < 4.78 is 10.3. The molecule has 1 aromatic carbocycles. The molecule has 0 radical (unpaired) electrons. The van der Waals surface area contributed by atoms with E-state index in [0.29, 0.717) is 30.2 Å². The molecule has 0 aliphatic heterocycles. The molecule has 0 saturated heterocycles. The van der Waals surface area contributed by atoms with E-state index in [1.165, 1.54) is 11.8 Å². The summed E-state index contributed by atoms with van der Waals surface area (Å²) in [4.78, 5) is 12.3. The van der Waals surface area contributed by atoms with Crippen molar-refractivity contribution in [2.45, 2.75) is 18.7 Å². The van der Waals surface area contributed by atoms with Crippen molar-refractivity contribution in [2.24, 2.45) is 0 Å². The molecular formula is C14H19NO3S. The Morgan fingerprint density at radius 3 is 2.74 bits per heavy atom. The van der Waals surface area contributed by atoms with E-state index in [0.717, 1.165) is 10.6 Å². The van der Waals surface area contributed by atoms with E-state index < -0.39 is 0 Å². The van der Waals surface area contributed by atoms with Crippen LogP contribution in [0.5, 0.6) is 5.75 Å². The molecule has 0 fully saturated rings. The summed E-state index contributed by atoms with van der Waals surface area (Å²) in [5, 5.41) is 0. The minimum absolute atomic E-state index is 0.352. The Kier molecular flexibility index (Phi) is 6.29. The van der Waals surface area contributed by atoms with Crippen molar-refractivity contribution >= 4 is 23.4 Å². The van der Waals surface area contributed by atoms with Crippen molar-refractivity contribution in [1.29, 1.82) is 0 Å². The average molecular weight is 281 g/mol. The van der Waals surface area contributed by atoms with Crippen LogP contribution < -0.4 is 10.5 Å². The van der Waals surface area contributed by atoms with Crippen molar-refractivity contribution in [3.8, 4) is 5.75 Å². The fourth-order valence-corrected chi connectivity index (χ4v) is 2.23. The number of ether oxygens (including phenoxy) is 2. The Bertz CT molecular complexity index is 460. The van der Waals surface area contributed by atoms with Crippen LogP contribution in [0.1, 0.15) is 13.8 Å². The van der Waals surface area contributed by atoms with E-state index in [4.69, 9.17) is 15.2 Å². The Labute approximate surface area is 118 Å². The standard InChI is InChI=1S/C14H19NO3S/c1-4-17-11-6-7-12(15)13(8-11)19-9-10(3)14(16)18-5-2/h6-8H,3-5,9,15H2,1-2H3. The molecule has 2 N–H and O–H groups in total. The highest BCUT2D eigenvalue weighted by molar-refractivity contribution is 7.99. The normalized spacial score (nSPS) is 10.0. The lowest BCUT2D eigenvalue weighted by Gasteiger charge is -2.09. The Hall–Kier alpha value is -1.62. The maximum atomic E-state index is 11.4. The van der Waals surface area contributed by atoms with Crippen LogP contribution >= 0.6 is 11.8 Å². The molecule has 0 aliphatic carbocycles. The fraction of sp³-hybridized carbons (Fsp3) is 0.357. The molecule has 1 aromatic rings. The van der Waals surface area contributed by atoms with Gasteiger partial charge < -0.3 is 15.2 Å². The van der Waals surface area contributed by atoms with Gasteiger partial charge in [0.1, 0.15) is 5.75 Å². The Morgan fingerprint density at radius 2 is 2.11 bits per heavy atom. The minimum atomic E-state index is -0.366. The van der Waals surface area contributed by atoms with E-state index in [9.17, 15) is 4.79 Å². The molecule has 0 aromatic heterocycles. The largest absolute Gasteiger partial charge is 0.494 e. The highest BCUT2D eigenvalue weighted by Gasteiger charge is 2.10. The molecule has 1 rings (SSSR count). The summed E-state index contributed by atoms with van der Waals surface area (Å²) in [5.41, 5.74) is 6.97. The van der Waals surface area contributed by atoms with Crippen LogP contribution in [0.25, 0.3) is 0 Å². The first-order chi connectivity index (χ1) is 9.08. The number of hydrogen-bond acceptors (Lipinski definition) is 5. The maximum absolute atomic E-state index is 11.4. The number of nitrogen functional groups attached to an aromatic ring is 1. The van der Waals surface area contributed by atoms with Gasteiger partial charge in [0.15, 0.2) is 0 Å². The number of hydrogen-bond donors (Lipinski definition) is 1. The number of carbonyl (C=O) groups excluding carboxylic acids is 1. The summed E-state index contributed by atoms with van der Waals surface area (Å²) in [6, 6.07) is 5.48.